The molecule has 1 aliphatic carbocycles. The molecule has 148 valence electrons. The molecule has 28 heavy (non-hydrogen) atoms. The summed E-state index contributed by atoms with van der Waals surface area (Å²) in [5.41, 5.74) is 4.71. The molecule has 2 atom stereocenters. The van der Waals surface area contributed by atoms with Gasteiger partial charge in [-0.05, 0) is 70.7 Å². The van der Waals surface area contributed by atoms with Gasteiger partial charge in [-0.3, -0.25) is 14.7 Å². The van der Waals surface area contributed by atoms with Gasteiger partial charge in [0, 0.05) is 42.4 Å². The number of rotatable bonds is 2. The summed E-state index contributed by atoms with van der Waals surface area (Å²) in [7, 11) is 3.77. The number of aromatic nitrogens is 1. The molecule has 1 N–H and O–H groups in total. The molecule has 4 rings (SSSR count). The van der Waals surface area contributed by atoms with Crippen molar-refractivity contribution in [3.05, 3.63) is 62.3 Å². The Morgan fingerprint density at radius 3 is 2.82 bits per heavy atom. The summed E-state index contributed by atoms with van der Waals surface area (Å²) in [5.74, 6) is 0.0463. The molecule has 2 aliphatic rings. The molecule has 2 heterocycles. The number of benzene rings is 1. The fraction of sp³-hybridized carbons (Fsp3) is 0.429. The van der Waals surface area contributed by atoms with Crippen LogP contribution in [0, 0.1) is 0 Å². The molecule has 2 unspecified atom stereocenters. The van der Waals surface area contributed by atoms with Gasteiger partial charge in [0.2, 0.25) is 5.91 Å². The van der Waals surface area contributed by atoms with E-state index in [1.165, 1.54) is 16.7 Å². The van der Waals surface area contributed by atoms with Crippen LogP contribution in [0.1, 0.15) is 28.4 Å². The molecule has 1 amide bonds. The predicted octanol–water partition coefficient (Wildman–Crippen LogP) is 3.05. The van der Waals surface area contributed by atoms with E-state index in [0.29, 0.717) is 6.54 Å². The molecule has 0 bridgehead atoms. The normalized spacial score (nSPS) is 22.9. The predicted molar refractivity (Wildman–Crippen MR) is 115 cm³/mol. The summed E-state index contributed by atoms with van der Waals surface area (Å²) in [6.07, 6.45) is 3.68. The van der Waals surface area contributed by atoms with E-state index < -0.39 is 0 Å². The number of halogens is 2. The molecular weight excluding hydrogens is 440 g/mol. The fourth-order valence-corrected chi connectivity index (χ4v) is 4.96. The Bertz CT molecular complexity index is 852. The van der Waals surface area contributed by atoms with Crippen molar-refractivity contribution in [1.82, 2.24) is 20.1 Å². The Morgan fingerprint density at radius 1 is 1.25 bits per heavy atom. The smallest absolute Gasteiger partial charge is 0.238 e. The maximum absolute atomic E-state index is 12.8. The first-order valence-corrected chi connectivity index (χ1v) is 10.7. The Hall–Kier alpha value is -1.47. The molecule has 1 saturated heterocycles. The first-order valence-electron chi connectivity index (χ1n) is 9.56. The van der Waals surface area contributed by atoms with Crippen molar-refractivity contribution in [2.75, 3.05) is 33.7 Å². The summed E-state index contributed by atoms with van der Waals surface area (Å²) >= 11 is 9.88. The van der Waals surface area contributed by atoms with Gasteiger partial charge in [0.15, 0.2) is 0 Å². The monoisotopic (exact) mass is 462 g/mol. The van der Waals surface area contributed by atoms with Crippen LogP contribution in [0.15, 0.2) is 34.9 Å². The fourth-order valence-electron chi connectivity index (χ4n) is 4.39. The van der Waals surface area contributed by atoms with E-state index in [0.717, 1.165) is 41.1 Å². The van der Waals surface area contributed by atoms with Gasteiger partial charge in [0.1, 0.15) is 6.04 Å². The van der Waals surface area contributed by atoms with E-state index in [9.17, 15) is 4.79 Å². The molecule has 1 aromatic carbocycles. The van der Waals surface area contributed by atoms with Crippen LogP contribution in [-0.2, 0) is 17.6 Å². The molecule has 5 nitrogen and oxygen atoms in total. The van der Waals surface area contributed by atoms with Gasteiger partial charge in [-0.15, -0.1) is 0 Å². The highest BCUT2D eigenvalue weighted by molar-refractivity contribution is 9.10. The first kappa shape index (κ1) is 19.8. The second-order valence-corrected chi connectivity index (χ2v) is 8.93. The molecule has 1 aromatic heterocycles. The Kier molecular flexibility index (Phi) is 5.74. The number of hydrogen-bond donors (Lipinski definition) is 1. The average molecular weight is 464 g/mol. The van der Waals surface area contributed by atoms with Crippen molar-refractivity contribution in [1.29, 1.82) is 0 Å². The van der Waals surface area contributed by atoms with Crippen LogP contribution in [0.2, 0.25) is 5.02 Å². The second-order valence-electron chi connectivity index (χ2n) is 7.57. The lowest BCUT2D eigenvalue weighted by molar-refractivity contribution is -0.129. The van der Waals surface area contributed by atoms with E-state index >= 15 is 0 Å². The Morgan fingerprint density at radius 2 is 2.04 bits per heavy atom. The van der Waals surface area contributed by atoms with Crippen molar-refractivity contribution >= 4 is 33.4 Å². The lowest BCUT2D eigenvalue weighted by Gasteiger charge is -2.43. The number of hydrogen-bond acceptors (Lipinski definition) is 4. The van der Waals surface area contributed by atoms with Crippen molar-refractivity contribution < 1.29 is 4.79 Å². The number of carbonyl (C=O) groups excluding carboxylic acids is 1. The summed E-state index contributed by atoms with van der Waals surface area (Å²) < 4.78 is 0.982. The van der Waals surface area contributed by atoms with Crippen LogP contribution < -0.4 is 5.32 Å². The van der Waals surface area contributed by atoms with Crippen molar-refractivity contribution in [3.63, 3.8) is 0 Å². The third-order valence-corrected chi connectivity index (χ3v) is 6.46. The lowest BCUT2D eigenvalue weighted by atomic mass is 9.94. The van der Waals surface area contributed by atoms with Crippen molar-refractivity contribution in [2.24, 2.45) is 0 Å². The van der Waals surface area contributed by atoms with Crippen LogP contribution in [0.4, 0.5) is 0 Å². The molecule has 2 aromatic rings. The molecule has 1 aliphatic heterocycles. The minimum atomic E-state index is -0.228. The van der Waals surface area contributed by atoms with Crippen LogP contribution in [0.3, 0.4) is 0 Å². The van der Waals surface area contributed by atoms with Crippen LogP contribution in [0.25, 0.3) is 0 Å². The maximum atomic E-state index is 12.8. The van der Waals surface area contributed by atoms with Gasteiger partial charge >= 0.3 is 0 Å². The summed E-state index contributed by atoms with van der Waals surface area (Å²) in [6.45, 7) is 2.42. The van der Waals surface area contributed by atoms with E-state index in [1.807, 2.05) is 12.3 Å². The number of piperazine rings is 1. The van der Waals surface area contributed by atoms with Gasteiger partial charge in [0.05, 0.1) is 11.7 Å². The molecule has 0 spiro atoms. The summed E-state index contributed by atoms with van der Waals surface area (Å²) in [6, 6.07) is 7.99. The first-order chi connectivity index (χ1) is 13.5. The number of nitrogens with zero attached hydrogens (tertiary/aromatic N) is 3. The number of carbonyl (C=O) groups is 1. The number of amides is 1. The number of nitrogens with one attached hydrogen (secondary N) is 1. The topological polar surface area (TPSA) is 48.5 Å². The van der Waals surface area contributed by atoms with E-state index in [2.05, 4.69) is 56.3 Å². The number of likely N-dealkylation sites (N-methyl/N-ethyl adjacent to an activating group) is 2. The number of fused-ring (bicyclic) bond motifs is 2. The summed E-state index contributed by atoms with van der Waals surface area (Å²) in [4.78, 5) is 22.1. The molecule has 7 heteroatoms. The van der Waals surface area contributed by atoms with Gasteiger partial charge in [-0.2, -0.15) is 0 Å². The van der Waals surface area contributed by atoms with Crippen LogP contribution in [0.5, 0.6) is 0 Å². The lowest BCUT2D eigenvalue weighted by Crippen LogP contribution is -2.58. The molecular formula is C21H24BrClN4O. The Labute approximate surface area is 179 Å². The minimum absolute atomic E-state index is 0.0463. The zero-order valence-electron chi connectivity index (χ0n) is 16.1. The third kappa shape index (κ3) is 3.71. The van der Waals surface area contributed by atoms with Gasteiger partial charge in [0.25, 0.3) is 0 Å². The van der Waals surface area contributed by atoms with Crippen molar-refractivity contribution in [3.8, 4) is 0 Å². The van der Waals surface area contributed by atoms with Crippen molar-refractivity contribution in [2.45, 2.75) is 24.9 Å². The van der Waals surface area contributed by atoms with Gasteiger partial charge < -0.3 is 10.2 Å². The van der Waals surface area contributed by atoms with E-state index in [-0.39, 0.29) is 18.0 Å². The SMILES string of the molecule is CNC(=O)C1CN(C)CCN1C1c2ccc(Cl)cc2CCc2cc(Br)cnc21. The zero-order chi connectivity index (χ0) is 19.8. The third-order valence-electron chi connectivity index (χ3n) is 5.80. The number of pyridine rings is 1. The quantitative estimate of drug-likeness (QED) is 0.744. The maximum Gasteiger partial charge on any atom is 0.238 e. The minimum Gasteiger partial charge on any atom is -0.358 e. The summed E-state index contributed by atoms with van der Waals surface area (Å²) in [5, 5.41) is 3.60. The highest BCUT2D eigenvalue weighted by atomic mass is 79.9. The molecule has 0 radical (unpaired) electrons. The number of aryl methyl sites for hydroxylation is 2. The molecule has 1 fully saturated rings. The average Bonchev–Trinajstić information content (AvgIpc) is 2.83. The second kappa shape index (κ2) is 8.11. The largest absolute Gasteiger partial charge is 0.358 e. The van der Waals surface area contributed by atoms with Crippen LogP contribution in [-0.4, -0.2) is 60.5 Å². The molecule has 0 saturated carbocycles. The standard InChI is InChI=1S/C21H24BrClN4O/c1-24-21(28)18-12-26(2)7-8-27(18)20-17-6-5-16(23)10-13(17)3-4-14-9-15(22)11-25-19(14)20/h5-6,9-11,18,20H,3-4,7-8,12H2,1-2H3,(H,24,28). The van der Waals surface area contributed by atoms with E-state index in [4.69, 9.17) is 16.6 Å². The van der Waals surface area contributed by atoms with Crippen LogP contribution >= 0.6 is 27.5 Å². The highest BCUT2D eigenvalue weighted by Gasteiger charge is 2.39. The van der Waals surface area contributed by atoms with E-state index in [1.54, 1.807) is 7.05 Å². The Balaban J connectivity index is 1.87. The zero-order valence-corrected chi connectivity index (χ0v) is 18.4. The van der Waals surface area contributed by atoms with Gasteiger partial charge in [-0.1, -0.05) is 17.7 Å². The van der Waals surface area contributed by atoms with Gasteiger partial charge in [-0.25, -0.2) is 0 Å². The highest BCUT2D eigenvalue weighted by Crippen LogP contribution is 2.39.